The molecular formula is C29H58N5O9P. The van der Waals surface area contributed by atoms with Gasteiger partial charge in [-0.3, -0.25) is 18.8 Å². The van der Waals surface area contributed by atoms with Crippen LogP contribution in [0.4, 0.5) is 0 Å². The molecule has 0 aliphatic heterocycles. The fourth-order valence-corrected chi connectivity index (χ4v) is 4.97. The highest BCUT2D eigenvalue weighted by atomic mass is 31.2. The van der Waals surface area contributed by atoms with Crippen LogP contribution in [0.3, 0.4) is 0 Å². The lowest BCUT2D eigenvalue weighted by molar-refractivity contribution is -0.150. The molecule has 0 saturated carbocycles. The maximum absolute atomic E-state index is 13.5. The van der Waals surface area contributed by atoms with Gasteiger partial charge in [-0.15, -0.1) is 0 Å². The highest BCUT2D eigenvalue weighted by Gasteiger charge is 2.36. The Balaban J connectivity index is 0. The van der Waals surface area contributed by atoms with Gasteiger partial charge in [0.25, 0.3) is 0 Å². The van der Waals surface area contributed by atoms with E-state index in [0.717, 1.165) is 0 Å². The summed E-state index contributed by atoms with van der Waals surface area (Å²) in [6.45, 7) is 15.9. The molecule has 0 bridgehead atoms. The maximum atomic E-state index is 13.5. The molecule has 0 heterocycles. The number of aliphatic hydroxyl groups excluding tert-OH is 2. The normalized spacial score (nSPS) is 17.3. The molecule has 0 aliphatic carbocycles. The number of methoxy groups -OCH3 is 2. The Labute approximate surface area is 263 Å². The molecule has 0 fully saturated rings. The molecule has 0 aromatic carbocycles. The van der Waals surface area contributed by atoms with Crippen molar-refractivity contribution >= 4 is 25.8 Å². The van der Waals surface area contributed by atoms with Crippen molar-refractivity contribution in [3.8, 4) is 0 Å². The van der Waals surface area contributed by atoms with E-state index in [1.807, 2.05) is 34.6 Å². The van der Waals surface area contributed by atoms with E-state index in [4.69, 9.17) is 34.7 Å². The number of nitrogens with zero attached hydrogens (tertiary/aromatic N) is 2. The summed E-state index contributed by atoms with van der Waals surface area (Å²) >= 11 is 0. The molecule has 0 saturated heterocycles. The van der Waals surface area contributed by atoms with Gasteiger partial charge in [0.1, 0.15) is 29.8 Å². The van der Waals surface area contributed by atoms with E-state index in [-0.39, 0.29) is 42.5 Å². The smallest absolute Gasteiger partial charge is 0.406 e. The number of hydrogen-bond donors (Lipinski definition) is 5. The number of nitrogens with two attached hydrogens (primary N) is 2. The van der Waals surface area contributed by atoms with E-state index in [9.17, 15) is 19.6 Å². The number of hydrogen-bond acceptors (Lipinski definition) is 13. The molecule has 7 N–H and O–H groups in total. The van der Waals surface area contributed by atoms with E-state index < -0.39 is 44.7 Å². The van der Waals surface area contributed by atoms with Crippen LogP contribution in [-0.4, -0.2) is 86.2 Å². The lowest BCUT2D eigenvalue weighted by atomic mass is 10.0. The lowest BCUT2D eigenvalue weighted by Crippen LogP contribution is -2.43. The summed E-state index contributed by atoms with van der Waals surface area (Å²) in [5, 5.41) is 24.0. The zero-order chi connectivity index (χ0) is 34.5. The third-order valence-corrected chi connectivity index (χ3v) is 7.14. The van der Waals surface area contributed by atoms with Crippen molar-refractivity contribution in [1.29, 1.82) is 0 Å². The number of carbonyl (C=O) groups is 1. The molecule has 0 spiro atoms. The van der Waals surface area contributed by atoms with Gasteiger partial charge in [0, 0.05) is 25.4 Å². The zero-order valence-electron chi connectivity index (χ0n) is 28.4. The Kier molecular flexibility index (Phi) is 23.9. The van der Waals surface area contributed by atoms with Crippen molar-refractivity contribution < 1.29 is 42.8 Å². The number of carbonyl (C=O) groups excluding carboxylic acids is 1. The highest BCUT2D eigenvalue weighted by Crippen LogP contribution is 2.45. The first-order valence-corrected chi connectivity index (χ1v) is 16.5. The number of aliphatic imine (C=N–C) groups is 2. The predicted octanol–water partition coefficient (Wildman–Crippen LogP) is 3.77. The van der Waals surface area contributed by atoms with Crippen LogP contribution in [0.25, 0.3) is 0 Å². The molecule has 0 aromatic rings. The van der Waals surface area contributed by atoms with E-state index >= 15 is 0 Å². The molecular weight excluding hydrogens is 593 g/mol. The molecule has 3 unspecified atom stereocenters. The molecule has 14 nitrogen and oxygen atoms in total. The van der Waals surface area contributed by atoms with E-state index in [2.05, 4.69) is 15.1 Å². The minimum atomic E-state index is -4.05. The summed E-state index contributed by atoms with van der Waals surface area (Å²) in [5.74, 6) is -0.212. The van der Waals surface area contributed by atoms with Crippen LogP contribution in [0.2, 0.25) is 0 Å². The third kappa shape index (κ3) is 17.8. The fourth-order valence-electron chi connectivity index (χ4n) is 3.47. The van der Waals surface area contributed by atoms with Crippen LogP contribution in [0.5, 0.6) is 0 Å². The summed E-state index contributed by atoms with van der Waals surface area (Å²) in [6, 6.07) is -0.959. The van der Waals surface area contributed by atoms with Gasteiger partial charge in [-0.25, -0.2) is 9.65 Å². The molecule has 0 rings (SSSR count). The van der Waals surface area contributed by atoms with Gasteiger partial charge in [-0.2, -0.15) is 4.99 Å². The first kappa shape index (κ1) is 43.8. The second kappa shape index (κ2) is 24.0. The van der Waals surface area contributed by atoms with Gasteiger partial charge in [0.05, 0.1) is 32.5 Å². The average molecular weight is 652 g/mol. The number of allylic oxidation sites excluding steroid dienone is 2. The molecule has 0 radical (unpaired) electrons. The van der Waals surface area contributed by atoms with Gasteiger partial charge in [-0.05, 0) is 52.5 Å². The van der Waals surface area contributed by atoms with Gasteiger partial charge in [0.15, 0.2) is 0 Å². The van der Waals surface area contributed by atoms with Gasteiger partial charge in [0.2, 0.25) is 5.90 Å². The van der Waals surface area contributed by atoms with Gasteiger partial charge in [-0.1, -0.05) is 34.6 Å². The van der Waals surface area contributed by atoms with Crippen LogP contribution < -0.4 is 16.6 Å². The molecule has 0 amide bonds. The van der Waals surface area contributed by atoms with Crippen LogP contribution in [-0.2, 0) is 32.6 Å². The first-order valence-electron chi connectivity index (χ1n) is 15.0. The van der Waals surface area contributed by atoms with Crippen molar-refractivity contribution in [2.24, 2.45) is 27.4 Å². The standard InChI is InChI=1S/C27H52N5O9P.C2H6/c1-10-12-23(29)31-26(38-9)24(19(7)28)30-14-13-21(33)25(34)22(37-8)16-40-42(36,39-11-2)32-20(15-17(3)4)27(35)41-18(5)6;1-2/h12,14,17-18,20-22,25,33-34H,10-11,13,15-16,28-29H2,1-9H3,(H,32,36);1-2H3/b23-12+,24-19-,30-14?,31-26+;/t20-,21+,22?,25?,42?;/m0./s1. The summed E-state index contributed by atoms with van der Waals surface area (Å²) in [5.41, 5.74) is 12.3. The van der Waals surface area contributed by atoms with E-state index in [1.165, 1.54) is 20.4 Å². The van der Waals surface area contributed by atoms with Crippen LogP contribution in [0.15, 0.2) is 33.3 Å². The quantitative estimate of drug-likeness (QED) is 0.0551. The van der Waals surface area contributed by atoms with Gasteiger partial charge >= 0.3 is 13.7 Å². The predicted molar refractivity (Wildman–Crippen MR) is 174 cm³/mol. The molecule has 44 heavy (non-hydrogen) atoms. The average Bonchev–Trinajstić information content (AvgIpc) is 2.94. The van der Waals surface area contributed by atoms with Crippen molar-refractivity contribution in [2.75, 3.05) is 27.4 Å². The third-order valence-electron chi connectivity index (χ3n) is 5.42. The van der Waals surface area contributed by atoms with Gasteiger partial charge < -0.3 is 35.9 Å². The summed E-state index contributed by atoms with van der Waals surface area (Å²) in [7, 11) is -1.36. The molecule has 5 atom stereocenters. The highest BCUT2D eigenvalue weighted by molar-refractivity contribution is 7.51. The van der Waals surface area contributed by atoms with E-state index in [0.29, 0.717) is 18.5 Å². The molecule has 15 heteroatoms. The Morgan fingerprint density at radius 3 is 2.14 bits per heavy atom. The van der Waals surface area contributed by atoms with Crippen molar-refractivity contribution in [3.05, 3.63) is 23.3 Å². The number of esters is 1. The topological polar surface area (TPSA) is 210 Å². The Hall–Kier alpha value is -2.32. The second-order valence-corrected chi connectivity index (χ2v) is 11.8. The molecule has 0 aromatic heterocycles. The molecule has 0 aliphatic rings. The lowest BCUT2D eigenvalue weighted by Gasteiger charge is -2.29. The molecule has 258 valence electrons. The first-order chi connectivity index (χ1) is 20.6. The summed E-state index contributed by atoms with van der Waals surface area (Å²) in [6.07, 6.45) is -0.414. The Morgan fingerprint density at radius 1 is 1.07 bits per heavy atom. The number of rotatable bonds is 20. The SMILES string of the molecule is CC.CC/C=C(N)/N=C(OC)\C(N=CC[C@@H](O)C(O)C(COP(=O)(N[C@@H](CC(C)C)C(=O)OC(C)C)OCC)OC)=C(/C)N. The Bertz CT molecular complexity index is 982. The summed E-state index contributed by atoms with van der Waals surface area (Å²) < 4.78 is 40.3. The maximum Gasteiger partial charge on any atom is 0.406 e. The fraction of sp³-hybridized carbons (Fsp3) is 0.759. The monoisotopic (exact) mass is 651 g/mol. The largest absolute Gasteiger partial charge is 0.479 e. The van der Waals surface area contributed by atoms with Crippen LogP contribution >= 0.6 is 7.75 Å². The number of ether oxygens (including phenoxy) is 3. The van der Waals surface area contributed by atoms with Crippen LogP contribution in [0, 0.1) is 5.92 Å². The minimum absolute atomic E-state index is 0.0141. The Morgan fingerprint density at radius 2 is 1.68 bits per heavy atom. The number of nitrogens with one attached hydrogen (secondary N) is 1. The summed E-state index contributed by atoms with van der Waals surface area (Å²) in [4.78, 5) is 21.0. The van der Waals surface area contributed by atoms with Crippen molar-refractivity contribution in [3.63, 3.8) is 0 Å². The van der Waals surface area contributed by atoms with Crippen LogP contribution in [0.1, 0.15) is 81.6 Å². The second-order valence-electron chi connectivity index (χ2n) is 10.1. The number of aliphatic hydroxyl groups is 2. The van der Waals surface area contributed by atoms with Crippen molar-refractivity contribution in [1.82, 2.24) is 5.09 Å². The minimum Gasteiger partial charge on any atom is -0.479 e. The van der Waals surface area contributed by atoms with Crippen molar-refractivity contribution in [2.45, 2.75) is 112 Å². The zero-order valence-corrected chi connectivity index (χ0v) is 29.3. The van der Waals surface area contributed by atoms with E-state index in [1.54, 1.807) is 33.8 Å².